The first kappa shape index (κ1) is 16.3. The normalized spacial score (nSPS) is 19.6. The fourth-order valence-electron chi connectivity index (χ4n) is 2.48. The van der Waals surface area contributed by atoms with Crippen molar-refractivity contribution in [1.29, 1.82) is 0 Å². The minimum absolute atomic E-state index is 0.0478. The van der Waals surface area contributed by atoms with Gasteiger partial charge < -0.3 is 14.4 Å². The standard InChI is InChI=1S/C15H29NO3/c1-11(2)18-14(17)16-9-7-13(8-10-16)12(3)19-15(4,5)6/h11-13H,7-10H2,1-6H3. The Labute approximate surface area is 117 Å². The molecular weight excluding hydrogens is 242 g/mol. The van der Waals surface area contributed by atoms with Gasteiger partial charge >= 0.3 is 6.09 Å². The van der Waals surface area contributed by atoms with Crippen LogP contribution in [0.3, 0.4) is 0 Å². The average molecular weight is 271 g/mol. The molecule has 0 aromatic carbocycles. The highest BCUT2D eigenvalue weighted by molar-refractivity contribution is 5.67. The van der Waals surface area contributed by atoms with Gasteiger partial charge in [0.05, 0.1) is 17.8 Å². The van der Waals surface area contributed by atoms with Crippen molar-refractivity contribution in [3.05, 3.63) is 0 Å². The molecule has 0 N–H and O–H groups in total. The lowest BCUT2D eigenvalue weighted by Crippen LogP contribution is -2.43. The molecule has 19 heavy (non-hydrogen) atoms. The van der Waals surface area contributed by atoms with Crippen LogP contribution in [0.4, 0.5) is 4.79 Å². The average Bonchev–Trinajstić information content (AvgIpc) is 2.26. The third kappa shape index (κ3) is 5.81. The van der Waals surface area contributed by atoms with E-state index in [-0.39, 0.29) is 23.9 Å². The van der Waals surface area contributed by atoms with Gasteiger partial charge in [-0.05, 0) is 60.3 Å². The van der Waals surface area contributed by atoms with Crippen molar-refractivity contribution in [3.8, 4) is 0 Å². The lowest BCUT2D eigenvalue weighted by Gasteiger charge is -2.36. The van der Waals surface area contributed by atoms with Crippen LogP contribution < -0.4 is 0 Å². The molecule has 1 atom stereocenters. The SMILES string of the molecule is CC(C)OC(=O)N1CCC(C(C)OC(C)(C)C)CC1. The molecule has 1 unspecified atom stereocenters. The molecule has 4 nitrogen and oxygen atoms in total. The molecule has 1 aliphatic heterocycles. The number of rotatable bonds is 3. The maximum atomic E-state index is 11.8. The van der Waals surface area contributed by atoms with Crippen LogP contribution in [0, 0.1) is 5.92 Å². The molecule has 1 amide bonds. The number of hydrogen-bond donors (Lipinski definition) is 0. The number of hydrogen-bond acceptors (Lipinski definition) is 3. The molecule has 0 saturated carbocycles. The number of ether oxygens (including phenoxy) is 2. The van der Waals surface area contributed by atoms with Gasteiger partial charge in [-0.3, -0.25) is 0 Å². The summed E-state index contributed by atoms with van der Waals surface area (Å²) in [6.07, 6.45) is 1.99. The maximum absolute atomic E-state index is 11.8. The van der Waals surface area contributed by atoms with Crippen molar-refractivity contribution < 1.29 is 14.3 Å². The molecule has 1 saturated heterocycles. The molecule has 0 spiro atoms. The second-order valence-corrected chi connectivity index (χ2v) is 6.69. The van der Waals surface area contributed by atoms with E-state index in [1.807, 2.05) is 13.8 Å². The van der Waals surface area contributed by atoms with Crippen LogP contribution in [0.2, 0.25) is 0 Å². The molecule has 1 heterocycles. The fourth-order valence-corrected chi connectivity index (χ4v) is 2.48. The van der Waals surface area contributed by atoms with Crippen LogP contribution >= 0.6 is 0 Å². The van der Waals surface area contributed by atoms with E-state index in [0.717, 1.165) is 25.9 Å². The third-order valence-corrected chi connectivity index (χ3v) is 3.34. The minimum atomic E-state index is -0.183. The molecule has 0 aliphatic carbocycles. The summed E-state index contributed by atoms with van der Waals surface area (Å²) in [5, 5.41) is 0. The predicted octanol–water partition coefficient (Wildman–Crippen LogP) is 3.45. The van der Waals surface area contributed by atoms with Crippen LogP contribution in [0.5, 0.6) is 0 Å². The van der Waals surface area contributed by atoms with Crippen LogP contribution in [-0.4, -0.2) is 41.9 Å². The summed E-state index contributed by atoms with van der Waals surface area (Å²) in [6.45, 7) is 13.7. The van der Waals surface area contributed by atoms with Crippen LogP contribution in [0.15, 0.2) is 0 Å². The van der Waals surface area contributed by atoms with Crippen molar-refractivity contribution in [1.82, 2.24) is 4.90 Å². The van der Waals surface area contributed by atoms with Crippen LogP contribution in [0.25, 0.3) is 0 Å². The highest BCUT2D eigenvalue weighted by atomic mass is 16.6. The quantitative estimate of drug-likeness (QED) is 0.789. The molecule has 0 aromatic rings. The Morgan fingerprint density at radius 2 is 1.68 bits per heavy atom. The molecule has 112 valence electrons. The second-order valence-electron chi connectivity index (χ2n) is 6.69. The summed E-state index contributed by atoms with van der Waals surface area (Å²) in [6, 6.07) is 0. The Hall–Kier alpha value is -0.770. The van der Waals surface area contributed by atoms with Crippen molar-refractivity contribution in [3.63, 3.8) is 0 Å². The zero-order valence-electron chi connectivity index (χ0n) is 13.2. The monoisotopic (exact) mass is 271 g/mol. The Balaban J connectivity index is 2.38. The number of carbonyl (C=O) groups is 1. The van der Waals surface area contributed by atoms with Crippen molar-refractivity contribution in [2.75, 3.05) is 13.1 Å². The molecule has 0 aromatic heterocycles. The van der Waals surface area contributed by atoms with Gasteiger partial charge in [-0.2, -0.15) is 0 Å². The lowest BCUT2D eigenvalue weighted by atomic mass is 9.91. The predicted molar refractivity (Wildman–Crippen MR) is 76.2 cm³/mol. The van der Waals surface area contributed by atoms with Gasteiger partial charge in [-0.1, -0.05) is 0 Å². The lowest BCUT2D eigenvalue weighted by molar-refractivity contribution is -0.0851. The minimum Gasteiger partial charge on any atom is -0.447 e. The van der Waals surface area contributed by atoms with E-state index in [0.29, 0.717) is 5.92 Å². The van der Waals surface area contributed by atoms with Gasteiger partial charge in [0.25, 0.3) is 0 Å². The molecule has 1 aliphatic rings. The van der Waals surface area contributed by atoms with Gasteiger partial charge in [0, 0.05) is 13.1 Å². The van der Waals surface area contributed by atoms with Gasteiger partial charge in [-0.25, -0.2) is 4.79 Å². The number of amides is 1. The number of piperidine rings is 1. The maximum Gasteiger partial charge on any atom is 0.410 e. The van der Waals surface area contributed by atoms with E-state index in [1.54, 1.807) is 4.90 Å². The molecule has 4 heteroatoms. The molecule has 0 radical (unpaired) electrons. The molecular formula is C15H29NO3. The Morgan fingerprint density at radius 3 is 2.11 bits per heavy atom. The summed E-state index contributed by atoms with van der Waals surface area (Å²) in [5.41, 5.74) is -0.104. The van der Waals surface area contributed by atoms with Gasteiger partial charge in [0.1, 0.15) is 0 Å². The zero-order valence-corrected chi connectivity index (χ0v) is 13.2. The number of likely N-dealkylation sites (tertiary alicyclic amines) is 1. The topological polar surface area (TPSA) is 38.8 Å². The van der Waals surface area contributed by atoms with Crippen molar-refractivity contribution >= 4 is 6.09 Å². The first-order valence-corrected chi connectivity index (χ1v) is 7.32. The highest BCUT2D eigenvalue weighted by Gasteiger charge is 2.29. The van der Waals surface area contributed by atoms with E-state index in [1.165, 1.54) is 0 Å². The third-order valence-electron chi connectivity index (χ3n) is 3.34. The van der Waals surface area contributed by atoms with Crippen LogP contribution in [0.1, 0.15) is 54.4 Å². The van der Waals surface area contributed by atoms with Gasteiger partial charge in [0.15, 0.2) is 0 Å². The fraction of sp³-hybridized carbons (Fsp3) is 0.933. The van der Waals surface area contributed by atoms with E-state index in [9.17, 15) is 4.79 Å². The van der Waals surface area contributed by atoms with E-state index < -0.39 is 0 Å². The summed E-state index contributed by atoms with van der Waals surface area (Å²) < 4.78 is 11.2. The number of nitrogens with zero attached hydrogens (tertiary/aromatic N) is 1. The molecule has 1 fully saturated rings. The summed E-state index contributed by atoms with van der Waals surface area (Å²) >= 11 is 0. The van der Waals surface area contributed by atoms with Gasteiger partial charge in [-0.15, -0.1) is 0 Å². The van der Waals surface area contributed by atoms with E-state index >= 15 is 0 Å². The summed E-state index contributed by atoms with van der Waals surface area (Å²) in [5.74, 6) is 0.530. The molecule has 1 rings (SSSR count). The van der Waals surface area contributed by atoms with E-state index in [2.05, 4.69) is 27.7 Å². The highest BCUT2D eigenvalue weighted by Crippen LogP contribution is 2.26. The zero-order chi connectivity index (χ0) is 14.6. The van der Waals surface area contributed by atoms with E-state index in [4.69, 9.17) is 9.47 Å². The van der Waals surface area contributed by atoms with Crippen LogP contribution in [-0.2, 0) is 9.47 Å². The van der Waals surface area contributed by atoms with Crippen molar-refractivity contribution in [2.45, 2.75) is 72.2 Å². The first-order valence-electron chi connectivity index (χ1n) is 7.32. The Kier molecular flexibility index (Phi) is 5.65. The van der Waals surface area contributed by atoms with Gasteiger partial charge in [0.2, 0.25) is 0 Å². The summed E-state index contributed by atoms with van der Waals surface area (Å²) in [7, 11) is 0. The Morgan fingerprint density at radius 1 is 1.16 bits per heavy atom. The smallest absolute Gasteiger partial charge is 0.410 e. The Bertz CT molecular complexity index is 288. The summed E-state index contributed by atoms with van der Waals surface area (Å²) in [4.78, 5) is 13.6. The second kappa shape index (κ2) is 6.60. The first-order chi connectivity index (χ1) is 8.69. The largest absolute Gasteiger partial charge is 0.447 e. The number of carbonyl (C=O) groups excluding carboxylic acids is 1. The molecule has 0 bridgehead atoms. The van der Waals surface area contributed by atoms with Crippen molar-refractivity contribution in [2.24, 2.45) is 5.92 Å².